The number of terminal acetylenes is 2. The number of rotatable bonds is 16. The smallest absolute Gasteiger partial charge is 0.268 e. The Morgan fingerprint density at radius 1 is 0.537 bits per heavy atom. The van der Waals surface area contributed by atoms with E-state index in [4.69, 9.17) is 54.9 Å². The number of benzene rings is 6. The SMILES string of the molecule is C#CC[N+](C)(C)c1ccc(CNC(=O)c2cc3cc(F)ccc3n2Cc2cccc(C(=N)N)c2)cc1.C#CC[N+](C)(C)c1ccc(CNC(=O)c2cc3cc(F)ccc3n2Cc2cccc(C(=N)N)c2)cc1.CC(=O)[O-].CC(=O)[O-]. The zero-order valence-corrected chi connectivity index (χ0v) is 45.4. The summed E-state index contributed by atoms with van der Waals surface area (Å²) in [5.41, 5.74) is 20.7. The number of quaternary nitrogens is 2. The van der Waals surface area contributed by atoms with E-state index in [0.717, 1.165) is 58.5 Å². The van der Waals surface area contributed by atoms with E-state index in [1.165, 1.54) is 24.3 Å². The average molecular weight is 1080 g/mol. The number of halogens is 2. The second kappa shape index (κ2) is 27.4. The van der Waals surface area contributed by atoms with Crippen LogP contribution in [-0.4, -0.2) is 85.8 Å². The van der Waals surface area contributed by atoms with Crippen LogP contribution in [0.2, 0.25) is 0 Å². The predicted octanol–water partition coefficient (Wildman–Crippen LogP) is 6.00. The number of carboxylic acids is 2. The summed E-state index contributed by atoms with van der Waals surface area (Å²) in [6, 6.07) is 42.9. The van der Waals surface area contributed by atoms with Crippen LogP contribution >= 0.6 is 0 Å². The summed E-state index contributed by atoms with van der Waals surface area (Å²) in [5, 5.41) is 40.4. The molecule has 0 aliphatic carbocycles. The van der Waals surface area contributed by atoms with Gasteiger partial charge in [-0.05, 0) is 133 Å². The third-order valence-corrected chi connectivity index (χ3v) is 12.5. The molecule has 2 heterocycles. The van der Waals surface area contributed by atoms with Gasteiger partial charge >= 0.3 is 0 Å². The van der Waals surface area contributed by atoms with E-state index in [-0.39, 0.29) is 35.1 Å². The standard InChI is InChI=1S/2C29H28FN5O.2C2H4O2/c2*1-4-14-35(2,3)25-11-8-20(9-12-25)18-33-29(36)27-17-23-16-24(30)10-13-26(23)34(27)19-21-6-5-7-22(15-21)28(31)32;2*1-2(3)4/h2*1,5-13,15-17H,14,18-19H2,2-3H3,(H3-,31,32,33,36);2*1H3,(H,3,4). The Balaban J connectivity index is 0.000000259. The molecule has 8 rings (SSSR count). The molecule has 0 saturated heterocycles. The van der Waals surface area contributed by atoms with Gasteiger partial charge in [0.2, 0.25) is 0 Å². The Kier molecular flexibility index (Phi) is 20.9. The molecule has 0 radical (unpaired) electrons. The van der Waals surface area contributed by atoms with Crippen molar-refractivity contribution in [1.29, 1.82) is 10.8 Å². The number of hydrogen-bond donors (Lipinski definition) is 6. The maximum atomic E-state index is 13.9. The second-order valence-electron chi connectivity index (χ2n) is 19.6. The number of fused-ring (bicyclic) bond motifs is 2. The monoisotopic (exact) mass is 1080 g/mol. The molecule has 8 N–H and O–H groups in total. The molecule has 6 aromatic carbocycles. The topological polar surface area (TPSA) is 248 Å². The van der Waals surface area contributed by atoms with Gasteiger partial charge in [0, 0.05) is 71.1 Å². The van der Waals surface area contributed by atoms with Gasteiger partial charge in [0.05, 0.1) is 28.2 Å². The molecular formula is C62H64F2N10O6. The maximum Gasteiger partial charge on any atom is 0.268 e. The van der Waals surface area contributed by atoms with Gasteiger partial charge in [0.1, 0.15) is 59.2 Å². The molecule has 0 fully saturated rings. The molecule has 0 saturated carbocycles. The van der Waals surface area contributed by atoms with Crippen molar-refractivity contribution in [1.82, 2.24) is 28.7 Å². The van der Waals surface area contributed by atoms with Crippen LogP contribution in [0.4, 0.5) is 20.2 Å². The number of nitrogens with zero attached hydrogens (tertiary/aromatic N) is 4. The lowest BCUT2D eigenvalue weighted by Gasteiger charge is -2.26. The minimum atomic E-state index is -1.08. The van der Waals surface area contributed by atoms with Crippen molar-refractivity contribution in [2.45, 2.75) is 40.0 Å². The predicted molar refractivity (Wildman–Crippen MR) is 308 cm³/mol. The van der Waals surface area contributed by atoms with E-state index in [1.54, 1.807) is 36.4 Å². The fourth-order valence-electron chi connectivity index (χ4n) is 8.46. The van der Waals surface area contributed by atoms with Gasteiger partial charge in [-0.25, -0.2) is 8.78 Å². The van der Waals surface area contributed by atoms with Crippen LogP contribution in [0, 0.1) is 47.1 Å². The molecule has 0 spiro atoms. The average Bonchev–Trinajstić information content (AvgIpc) is 3.94. The molecule has 412 valence electrons. The van der Waals surface area contributed by atoms with Gasteiger partial charge in [0.15, 0.2) is 0 Å². The summed E-state index contributed by atoms with van der Waals surface area (Å²) in [7, 11) is 8.18. The first-order chi connectivity index (χ1) is 37.8. The Bertz CT molecular complexity index is 3400. The number of carbonyl (C=O) groups excluding carboxylic acids is 4. The summed E-state index contributed by atoms with van der Waals surface area (Å²) < 4.78 is 32.7. The van der Waals surface area contributed by atoms with Gasteiger partial charge in [0.25, 0.3) is 11.8 Å². The fraction of sp³-hybridized carbons (Fsp3) is 0.194. The van der Waals surface area contributed by atoms with Crippen LogP contribution in [0.25, 0.3) is 21.8 Å². The molecular weight excluding hydrogens is 1020 g/mol. The van der Waals surface area contributed by atoms with Crippen LogP contribution in [0.1, 0.15) is 68.2 Å². The van der Waals surface area contributed by atoms with Gasteiger partial charge in [-0.1, -0.05) is 60.7 Å². The molecule has 18 heteroatoms. The van der Waals surface area contributed by atoms with Crippen molar-refractivity contribution >= 4 is 68.6 Å². The molecule has 0 bridgehead atoms. The van der Waals surface area contributed by atoms with Crippen LogP contribution in [0.15, 0.2) is 146 Å². The summed E-state index contributed by atoms with van der Waals surface area (Å²) in [6.45, 7) is 4.54. The quantitative estimate of drug-likeness (QED) is 0.0289. The van der Waals surface area contributed by atoms with E-state index in [1.807, 2.05) is 122 Å². The largest absolute Gasteiger partial charge is 0.550 e. The summed E-state index contributed by atoms with van der Waals surface area (Å²) in [6.07, 6.45) is 11.0. The summed E-state index contributed by atoms with van der Waals surface area (Å²) in [4.78, 5) is 44.3. The molecule has 80 heavy (non-hydrogen) atoms. The van der Waals surface area contributed by atoms with Crippen LogP contribution in [-0.2, 0) is 35.8 Å². The first-order valence-electron chi connectivity index (χ1n) is 24.9. The van der Waals surface area contributed by atoms with E-state index >= 15 is 0 Å². The number of nitrogen functional groups attached to an aromatic ring is 2. The molecule has 0 unspecified atom stereocenters. The summed E-state index contributed by atoms with van der Waals surface area (Å²) in [5.74, 6) is 1.92. The molecule has 0 aliphatic rings. The zero-order valence-electron chi connectivity index (χ0n) is 45.4. The van der Waals surface area contributed by atoms with Gasteiger partial charge in [-0.15, -0.1) is 12.8 Å². The fourth-order valence-corrected chi connectivity index (χ4v) is 8.46. The molecule has 2 amide bonds. The Hall–Kier alpha value is -9.88. The third kappa shape index (κ3) is 17.1. The number of nitrogens with one attached hydrogen (secondary N) is 4. The minimum absolute atomic E-state index is 0.0262. The third-order valence-electron chi connectivity index (χ3n) is 12.5. The van der Waals surface area contributed by atoms with E-state index < -0.39 is 11.9 Å². The van der Waals surface area contributed by atoms with E-state index in [2.05, 4.69) is 22.5 Å². The van der Waals surface area contributed by atoms with Crippen LogP contribution in [0.3, 0.4) is 0 Å². The lowest BCUT2D eigenvalue weighted by Crippen LogP contribution is -2.40. The van der Waals surface area contributed by atoms with Gasteiger partial charge in [-0.3, -0.25) is 29.4 Å². The van der Waals surface area contributed by atoms with Gasteiger partial charge < -0.3 is 51.0 Å². The number of carboxylic acid groups (broad SMARTS) is 2. The zero-order chi connectivity index (χ0) is 58.9. The maximum absolute atomic E-state index is 13.9. The first kappa shape index (κ1) is 61.0. The number of amidine groups is 2. The number of hydrogen-bond acceptors (Lipinski definition) is 8. The highest BCUT2D eigenvalue weighted by Gasteiger charge is 2.21. The van der Waals surface area contributed by atoms with Crippen molar-refractivity contribution in [3.63, 3.8) is 0 Å². The number of aliphatic carboxylic acids is 2. The van der Waals surface area contributed by atoms with Crippen LogP contribution < -0.4 is 41.3 Å². The van der Waals surface area contributed by atoms with Crippen LogP contribution in [0.5, 0.6) is 0 Å². The van der Waals surface area contributed by atoms with E-state index in [0.29, 0.717) is 81.5 Å². The molecule has 0 aliphatic heterocycles. The van der Waals surface area contributed by atoms with Crippen molar-refractivity contribution in [2.24, 2.45) is 11.5 Å². The lowest BCUT2D eigenvalue weighted by molar-refractivity contribution is -0.303. The number of amides is 2. The normalized spacial score (nSPS) is 10.8. The van der Waals surface area contributed by atoms with Crippen molar-refractivity contribution < 1.29 is 38.2 Å². The molecule has 8 aromatic rings. The van der Waals surface area contributed by atoms with Crippen molar-refractivity contribution in [3.8, 4) is 24.7 Å². The Morgan fingerprint density at radius 2 is 0.875 bits per heavy atom. The Morgan fingerprint density at radius 3 is 1.19 bits per heavy atom. The second-order valence-corrected chi connectivity index (χ2v) is 19.6. The van der Waals surface area contributed by atoms with Crippen molar-refractivity contribution in [3.05, 3.63) is 202 Å². The number of aromatic nitrogens is 2. The highest BCUT2D eigenvalue weighted by molar-refractivity contribution is 6.00. The summed E-state index contributed by atoms with van der Waals surface area (Å²) >= 11 is 0. The van der Waals surface area contributed by atoms with E-state index in [9.17, 15) is 18.4 Å². The van der Waals surface area contributed by atoms with Crippen molar-refractivity contribution in [2.75, 3.05) is 41.3 Å². The number of carbonyl (C=O) groups is 4. The first-order valence-corrected chi connectivity index (χ1v) is 24.9. The highest BCUT2D eigenvalue weighted by Crippen LogP contribution is 2.26. The molecule has 2 aromatic heterocycles. The van der Waals surface area contributed by atoms with Gasteiger partial charge in [-0.2, -0.15) is 0 Å². The molecule has 0 atom stereocenters. The highest BCUT2D eigenvalue weighted by atomic mass is 19.1. The Labute approximate surface area is 464 Å². The lowest BCUT2D eigenvalue weighted by atomic mass is 10.1. The minimum Gasteiger partial charge on any atom is -0.550 e. The number of nitrogens with two attached hydrogens (primary N) is 2. The molecule has 16 nitrogen and oxygen atoms in total.